The summed E-state index contributed by atoms with van der Waals surface area (Å²) < 4.78 is 32.5. The summed E-state index contributed by atoms with van der Waals surface area (Å²) in [6.07, 6.45) is 27.4. The summed E-state index contributed by atoms with van der Waals surface area (Å²) in [7, 11) is -4.63. The van der Waals surface area contributed by atoms with Gasteiger partial charge in [-0.15, -0.1) is 0 Å². The van der Waals surface area contributed by atoms with Gasteiger partial charge in [0.05, 0.1) is 25.9 Å². The molecular weight excluding hydrogens is 675 g/mol. The number of esters is 2. The number of hydrogen-bond acceptors (Lipinski definition) is 10. The third-order valence-corrected chi connectivity index (χ3v) is 9.02. The van der Waals surface area contributed by atoms with Crippen molar-refractivity contribution in [2.75, 3.05) is 26.4 Å². The Morgan fingerprint density at radius 1 is 0.706 bits per heavy atom. The Labute approximate surface area is 308 Å². The molecule has 0 rings (SSSR count). The molecule has 0 aliphatic rings. The minimum absolute atomic E-state index is 0.138. The Kier molecular flexibility index (Phi) is 32.7. The van der Waals surface area contributed by atoms with E-state index in [0.29, 0.717) is 19.3 Å². The zero-order chi connectivity index (χ0) is 38.0. The lowest BCUT2D eigenvalue weighted by atomic mass is 10.0. The van der Waals surface area contributed by atoms with Gasteiger partial charge in [0.25, 0.3) is 0 Å². The van der Waals surface area contributed by atoms with E-state index in [-0.39, 0.29) is 19.4 Å². The first kappa shape index (κ1) is 49.1. The fourth-order valence-electron chi connectivity index (χ4n) is 5.04. The summed E-state index contributed by atoms with van der Waals surface area (Å²) in [6.45, 7) is 4.39. The first-order chi connectivity index (χ1) is 24.5. The van der Waals surface area contributed by atoms with Crippen LogP contribution >= 0.6 is 7.82 Å². The molecule has 2 unspecified atom stereocenters. The monoisotopic (exact) mass is 746 g/mol. The van der Waals surface area contributed by atoms with Crippen LogP contribution in [0.1, 0.15) is 149 Å². The molecule has 0 amide bonds. The van der Waals surface area contributed by atoms with E-state index in [0.717, 1.165) is 63.7 Å². The fraction of sp³-hybridized carbons (Fsp3) is 0.795. The number of rotatable bonds is 35. The van der Waals surface area contributed by atoms with Crippen molar-refractivity contribution in [3.8, 4) is 0 Å². The molecule has 0 heterocycles. The number of allylic oxidation sites excluding steroid dienone is 4. The second-order valence-corrected chi connectivity index (χ2v) is 15.1. The van der Waals surface area contributed by atoms with Gasteiger partial charge in [0.2, 0.25) is 0 Å². The van der Waals surface area contributed by atoms with E-state index in [1.165, 1.54) is 38.5 Å². The number of carbonyl (C=O) groups excluding carboxylic acids is 2. The molecule has 0 aliphatic heterocycles. The number of unbranched alkanes of at least 4 members (excludes halogenated alkanes) is 13. The van der Waals surface area contributed by atoms with E-state index >= 15 is 0 Å². The average molecular weight is 747 g/mol. The number of hydrogen-bond donors (Lipinski definition) is 4. The highest BCUT2D eigenvalue weighted by Crippen LogP contribution is 2.43. The second kappa shape index (κ2) is 34.0. The van der Waals surface area contributed by atoms with Crippen LogP contribution in [0.25, 0.3) is 0 Å². The Morgan fingerprint density at radius 3 is 1.88 bits per heavy atom. The molecule has 298 valence electrons. The Balaban J connectivity index is 4.44. The summed E-state index contributed by atoms with van der Waals surface area (Å²) in [6, 6.07) is 0. The third kappa shape index (κ3) is 35.0. The van der Waals surface area contributed by atoms with Crippen LogP contribution in [-0.2, 0) is 32.7 Å². The van der Waals surface area contributed by atoms with Crippen LogP contribution in [-0.4, -0.2) is 76.9 Å². The van der Waals surface area contributed by atoms with Crippen molar-refractivity contribution < 1.29 is 52.9 Å². The molecule has 11 nitrogen and oxygen atoms in total. The second-order valence-electron chi connectivity index (χ2n) is 13.6. The van der Waals surface area contributed by atoms with Gasteiger partial charge in [-0.05, 0) is 44.4 Å². The Bertz CT molecular complexity index is 982. The van der Waals surface area contributed by atoms with Gasteiger partial charge in [0.1, 0.15) is 12.7 Å². The molecule has 51 heavy (non-hydrogen) atoms. The summed E-state index contributed by atoms with van der Waals surface area (Å²) in [4.78, 5) is 34.8. The van der Waals surface area contributed by atoms with E-state index in [9.17, 15) is 29.3 Å². The molecule has 0 bridgehead atoms. The molecule has 0 aromatic carbocycles. The van der Waals surface area contributed by atoms with Gasteiger partial charge in [-0.1, -0.05) is 134 Å². The topological polar surface area (TPSA) is 169 Å². The standard InChI is InChI=1S/C39H71O11P/c1-4-5-20-26-35(41)27-22-17-13-9-7-11-15-19-24-29-39(44)50-37(33-49-51(45,46)48-31-36(42)30-40)32-47-38(43)28-23-18-14-10-6-8-12-16-21-25-34(2)3/h5,13,17,20,22,27,34-37,40-42H,4,6-12,14-16,18-19,21,23-26,28-33H2,1-3H3,(H,45,46)/b17-13+,20-5+,27-22+/t35?,36-,37+/m0/s1. The lowest BCUT2D eigenvalue weighted by Crippen LogP contribution is -2.29. The molecule has 0 radical (unpaired) electrons. The third-order valence-electron chi connectivity index (χ3n) is 8.07. The minimum Gasteiger partial charge on any atom is -0.462 e. The maximum Gasteiger partial charge on any atom is 0.472 e. The number of aliphatic hydroxyl groups excluding tert-OH is 3. The number of phosphoric ester groups is 1. The minimum atomic E-state index is -4.63. The number of carbonyl (C=O) groups is 2. The number of aliphatic hydroxyl groups is 3. The van der Waals surface area contributed by atoms with Crippen molar-refractivity contribution in [3.63, 3.8) is 0 Å². The molecule has 0 fully saturated rings. The molecule has 0 aromatic rings. The first-order valence-corrected chi connectivity index (χ1v) is 20.9. The van der Waals surface area contributed by atoms with Gasteiger partial charge in [-0.3, -0.25) is 18.6 Å². The molecular formula is C39H71O11P. The Hall–Kier alpha value is -1.85. The molecule has 0 aliphatic carbocycles. The van der Waals surface area contributed by atoms with Crippen LogP contribution in [0, 0.1) is 5.92 Å². The largest absolute Gasteiger partial charge is 0.472 e. The zero-order valence-corrected chi connectivity index (χ0v) is 32.7. The lowest BCUT2D eigenvalue weighted by Gasteiger charge is -2.20. The van der Waals surface area contributed by atoms with Crippen LogP contribution in [0.4, 0.5) is 0 Å². The van der Waals surface area contributed by atoms with Gasteiger partial charge in [0.15, 0.2) is 6.10 Å². The smallest absolute Gasteiger partial charge is 0.462 e. The quantitative estimate of drug-likeness (QED) is 0.0161. The summed E-state index contributed by atoms with van der Waals surface area (Å²) >= 11 is 0. The average Bonchev–Trinajstić information content (AvgIpc) is 3.09. The highest BCUT2D eigenvalue weighted by atomic mass is 31.2. The van der Waals surface area contributed by atoms with Gasteiger partial charge >= 0.3 is 19.8 Å². The fourth-order valence-corrected chi connectivity index (χ4v) is 5.83. The maximum absolute atomic E-state index is 12.6. The molecule has 12 heteroatoms. The van der Waals surface area contributed by atoms with Crippen molar-refractivity contribution >= 4 is 19.8 Å². The summed E-state index contributed by atoms with van der Waals surface area (Å²) in [5.74, 6) is -0.210. The van der Waals surface area contributed by atoms with Crippen molar-refractivity contribution in [1.82, 2.24) is 0 Å². The van der Waals surface area contributed by atoms with E-state index in [2.05, 4.69) is 31.4 Å². The van der Waals surface area contributed by atoms with Gasteiger partial charge in [0, 0.05) is 12.8 Å². The van der Waals surface area contributed by atoms with Gasteiger partial charge < -0.3 is 29.7 Å². The van der Waals surface area contributed by atoms with Gasteiger partial charge in [-0.2, -0.15) is 0 Å². The van der Waals surface area contributed by atoms with Crippen molar-refractivity contribution in [2.24, 2.45) is 5.92 Å². The van der Waals surface area contributed by atoms with Crippen molar-refractivity contribution in [2.45, 2.75) is 167 Å². The summed E-state index contributed by atoms with van der Waals surface area (Å²) in [5.41, 5.74) is 0. The van der Waals surface area contributed by atoms with Gasteiger partial charge in [-0.25, -0.2) is 4.57 Å². The maximum atomic E-state index is 12.6. The molecule has 4 atom stereocenters. The highest BCUT2D eigenvalue weighted by Gasteiger charge is 2.27. The van der Waals surface area contributed by atoms with E-state index in [1.807, 2.05) is 24.3 Å². The lowest BCUT2D eigenvalue weighted by molar-refractivity contribution is -0.161. The molecule has 0 spiro atoms. The Morgan fingerprint density at radius 2 is 1.27 bits per heavy atom. The van der Waals surface area contributed by atoms with Crippen LogP contribution in [0.5, 0.6) is 0 Å². The van der Waals surface area contributed by atoms with Crippen LogP contribution < -0.4 is 0 Å². The van der Waals surface area contributed by atoms with E-state index in [1.54, 1.807) is 6.08 Å². The molecule has 4 N–H and O–H groups in total. The zero-order valence-electron chi connectivity index (χ0n) is 31.8. The van der Waals surface area contributed by atoms with Crippen LogP contribution in [0.3, 0.4) is 0 Å². The molecule has 0 aromatic heterocycles. The van der Waals surface area contributed by atoms with Crippen LogP contribution in [0.15, 0.2) is 36.5 Å². The summed E-state index contributed by atoms with van der Waals surface area (Å²) in [5, 5.41) is 28.1. The predicted octanol–water partition coefficient (Wildman–Crippen LogP) is 8.44. The number of phosphoric acid groups is 1. The molecule has 0 saturated carbocycles. The predicted molar refractivity (Wildman–Crippen MR) is 202 cm³/mol. The van der Waals surface area contributed by atoms with Crippen molar-refractivity contribution in [3.05, 3.63) is 36.5 Å². The molecule has 0 saturated heterocycles. The SMILES string of the molecule is CC/C=C/CC(O)/C=C/C=C/CCCCCCCC(=O)O[C@H](COC(=O)CCCCCCCCCCCC(C)C)COP(=O)(O)OC[C@@H](O)CO. The number of ether oxygens (including phenoxy) is 2. The highest BCUT2D eigenvalue weighted by molar-refractivity contribution is 7.47. The van der Waals surface area contributed by atoms with E-state index in [4.69, 9.17) is 19.1 Å². The van der Waals surface area contributed by atoms with E-state index < -0.39 is 57.9 Å². The normalized spacial score (nSPS) is 15.1. The van der Waals surface area contributed by atoms with Crippen molar-refractivity contribution in [1.29, 1.82) is 0 Å². The van der Waals surface area contributed by atoms with Crippen LogP contribution in [0.2, 0.25) is 0 Å². The first-order valence-electron chi connectivity index (χ1n) is 19.4.